The zero-order chi connectivity index (χ0) is 52.8. The Bertz CT molecular complexity index is 2640. The Labute approximate surface area is 477 Å². The van der Waals surface area contributed by atoms with E-state index in [1.165, 1.54) is 29.4 Å². The van der Waals surface area contributed by atoms with Gasteiger partial charge in [-0.15, -0.1) is 0 Å². The van der Waals surface area contributed by atoms with E-state index in [1.54, 1.807) is 25.1 Å². The molecule has 0 aromatic heterocycles. The van der Waals surface area contributed by atoms with Crippen molar-refractivity contribution in [3.05, 3.63) is 213 Å². The minimum absolute atomic E-state index is 0. The summed E-state index contributed by atoms with van der Waals surface area (Å²) in [7, 11) is 1.38. The van der Waals surface area contributed by atoms with Gasteiger partial charge in [0.1, 0.15) is 0 Å². The van der Waals surface area contributed by atoms with E-state index in [0.717, 1.165) is 95.2 Å². The summed E-state index contributed by atoms with van der Waals surface area (Å²) in [6, 6.07) is 52.8. The van der Waals surface area contributed by atoms with Gasteiger partial charge in [-0.2, -0.15) is 0 Å². The number of rotatable bonds is 22. The van der Waals surface area contributed by atoms with Gasteiger partial charge in [0.05, 0.1) is 57.5 Å². The third-order valence-corrected chi connectivity index (χ3v) is 14.4. The van der Waals surface area contributed by atoms with E-state index in [4.69, 9.17) is 14.2 Å². The predicted octanol–water partition coefficient (Wildman–Crippen LogP) is 6.15. The standard InChI is InChI=1S/C32H38N2O4.C31H36N2O4.Na.H2O/c1-25-13-14-26(23-30(25)32(36)37-2)24-31(35)34(18-17-33-19-21-38-22-20-33)16-15-29(27-9-5-3-6-10-27)28-11-7-4-8-12-28;1-24-12-13-25(22-29(24)31(35)36)23-30(34)33(17-16-32-18-20-37-21-19-32)15-14-28(26-8-4-2-5-9-26)27-10-6-3-7-11-27;;/h3-14,23,29H,15-22,24H2,1-2H3;2-13,22,28H,14-21,23H2,1H3,(H,35,36);;1H2/q;;+1;/p-1. The molecule has 0 unspecified atom stereocenters. The third kappa shape index (κ3) is 19.2. The smallest absolute Gasteiger partial charge is 0.870 e. The Morgan fingerprint density at radius 1 is 0.519 bits per heavy atom. The molecule has 2 fully saturated rings. The molecule has 2 amide bonds. The number of hydrogen-bond donors (Lipinski definition) is 1. The van der Waals surface area contributed by atoms with E-state index in [0.29, 0.717) is 37.3 Å². The first kappa shape index (κ1) is 61.8. The molecule has 2 N–H and O–H groups in total. The molecule has 0 aliphatic carbocycles. The topological polar surface area (TPSA) is 159 Å². The monoisotopic (exact) mass is 1050 g/mol. The predicted molar refractivity (Wildman–Crippen MR) is 296 cm³/mol. The molecule has 6 aromatic rings. The van der Waals surface area contributed by atoms with Gasteiger partial charge < -0.3 is 34.6 Å². The molecule has 13 nitrogen and oxygen atoms in total. The van der Waals surface area contributed by atoms with Crippen LogP contribution in [0.4, 0.5) is 0 Å². The molecule has 0 atom stereocenters. The summed E-state index contributed by atoms with van der Waals surface area (Å²) >= 11 is 0. The van der Waals surface area contributed by atoms with Gasteiger partial charge in [-0.1, -0.05) is 146 Å². The van der Waals surface area contributed by atoms with Crippen molar-refractivity contribution in [3.8, 4) is 0 Å². The van der Waals surface area contributed by atoms with Gasteiger partial charge in [0, 0.05) is 77.3 Å². The van der Waals surface area contributed by atoms with Crippen LogP contribution in [0.2, 0.25) is 0 Å². The number of carbonyl (C=O) groups excluding carboxylic acids is 3. The molecule has 2 heterocycles. The van der Waals surface area contributed by atoms with Crippen LogP contribution in [0.15, 0.2) is 158 Å². The molecular weight excluding hydrogens is 980 g/mol. The van der Waals surface area contributed by atoms with Crippen molar-refractivity contribution in [2.24, 2.45) is 0 Å². The summed E-state index contributed by atoms with van der Waals surface area (Å²) in [5.74, 6) is -0.884. The summed E-state index contributed by atoms with van der Waals surface area (Å²) < 4.78 is 15.9. The Hall–Kier alpha value is -6.00. The SMILES string of the molecule is COC(=O)c1cc(CC(=O)N(CCC(c2ccccc2)c2ccccc2)CCN2CCOCC2)ccc1C.Cc1ccc(CC(=O)N(CCC(c2ccccc2)c2ccccc2)CCN2CCOCC2)cc1C(=O)O.[Na+].[OH-]. The van der Waals surface area contributed by atoms with E-state index in [9.17, 15) is 24.3 Å². The quantitative estimate of drug-likeness (QED) is 0.0614. The summed E-state index contributed by atoms with van der Waals surface area (Å²) in [5.41, 5.74) is 8.81. The zero-order valence-corrected chi connectivity index (χ0v) is 47.4. The maximum absolute atomic E-state index is 13.7. The van der Waals surface area contributed by atoms with Gasteiger partial charge in [-0.05, 0) is 83.3 Å². The molecule has 2 aliphatic rings. The van der Waals surface area contributed by atoms with E-state index < -0.39 is 5.97 Å². The number of carboxylic acid groups (broad SMARTS) is 1. The van der Waals surface area contributed by atoms with Gasteiger partial charge in [0.25, 0.3) is 0 Å². The number of esters is 1. The molecule has 77 heavy (non-hydrogen) atoms. The molecule has 6 aromatic carbocycles. The summed E-state index contributed by atoms with van der Waals surface area (Å²) in [6.07, 6.45) is 2.06. The number of aryl methyl sites for hydroxylation is 2. The van der Waals surface area contributed by atoms with E-state index in [-0.39, 0.29) is 83.1 Å². The molecule has 0 saturated carbocycles. The Morgan fingerprint density at radius 3 is 1.19 bits per heavy atom. The number of amides is 2. The third-order valence-electron chi connectivity index (χ3n) is 14.4. The number of methoxy groups -OCH3 is 1. The fourth-order valence-electron chi connectivity index (χ4n) is 9.95. The Balaban J connectivity index is 0.000000277. The van der Waals surface area contributed by atoms with Crippen LogP contribution in [0.1, 0.15) is 89.9 Å². The van der Waals surface area contributed by atoms with E-state index >= 15 is 0 Å². The van der Waals surface area contributed by atoms with Gasteiger partial charge in [-0.3, -0.25) is 19.4 Å². The molecule has 8 rings (SSSR count). The van der Waals surface area contributed by atoms with Crippen LogP contribution in [-0.4, -0.2) is 153 Å². The van der Waals surface area contributed by atoms with E-state index in [2.05, 4.69) is 107 Å². The number of morpholine rings is 2. The molecule has 14 heteroatoms. The van der Waals surface area contributed by atoms with Gasteiger partial charge in [0.2, 0.25) is 11.8 Å². The van der Waals surface area contributed by atoms with E-state index in [1.807, 2.05) is 59.2 Å². The van der Waals surface area contributed by atoms with Crippen molar-refractivity contribution >= 4 is 23.8 Å². The fraction of sp³-hybridized carbons (Fsp3) is 0.365. The molecular formula is C63H75N4NaO9. The van der Waals surface area contributed by atoms with Crippen molar-refractivity contribution in [1.29, 1.82) is 0 Å². The van der Waals surface area contributed by atoms with Gasteiger partial charge in [-0.25, -0.2) is 9.59 Å². The number of nitrogens with zero attached hydrogens (tertiary/aromatic N) is 4. The van der Waals surface area contributed by atoms with Crippen molar-refractivity contribution in [2.45, 2.75) is 51.4 Å². The summed E-state index contributed by atoms with van der Waals surface area (Å²) in [4.78, 5) is 59.7. The second-order valence-corrected chi connectivity index (χ2v) is 19.4. The second-order valence-electron chi connectivity index (χ2n) is 19.4. The maximum Gasteiger partial charge on any atom is 1.00 e. The average molecular weight is 1060 g/mol. The zero-order valence-electron chi connectivity index (χ0n) is 45.4. The first-order valence-corrected chi connectivity index (χ1v) is 26.4. The number of hydrogen-bond acceptors (Lipinski definition) is 10. The van der Waals surface area contributed by atoms with Crippen molar-refractivity contribution < 1.29 is 73.5 Å². The molecule has 2 saturated heterocycles. The number of ether oxygens (including phenoxy) is 3. The number of carboxylic acids is 1. The van der Waals surface area contributed by atoms with Crippen LogP contribution in [0.25, 0.3) is 0 Å². The summed E-state index contributed by atoms with van der Waals surface area (Å²) in [5, 5.41) is 9.51. The van der Waals surface area contributed by atoms with Gasteiger partial charge >= 0.3 is 41.5 Å². The number of aromatic carboxylic acids is 1. The first-order chi connectivity index (χ1) is 36.6. The van der Waals surface area contributed by atoms with Crippen LogP contribution < -0.4 is 29.6 Å². The van der Waals surface area contributed by atoms with Crippen LogP contribution in [0, 0.1) is 13.8 Å². The molecule has 2 aliphatic heterocycles. The Kier molecular flexibility index (Phi) is 26.2. The molecule has 0 bridgehead atoms. The fourth-order valence-corrected chi connectivity index (χ4v) is 9.95. The minimum atomic E-state index is -0.968. The molecule has 402 valence electrons. The summed E-state index contributed by atoms with van der Waals surface area (Å²) in [6.45, 7) is 14.3. The normalized spacial score (nSPS) is 13.6. The molecule has 0 radical (unpaired) electrons. The van der Waals surface area contributed by atoms with Crippen LogP contribution in [-0.2, 0) is 36.6 Å². The number of benzene rings is 6. The first-order valence-electron chi connectivity index (χ1n) is 26.4. The van der Waals surface area contributed by atoms with Crippen LogP contribution in [0.3, 0.4) is 0 Å². The average Bonchev–Trinajstić information content (AvgIpc) is 3.45. The van der Waals surface area contributed by atoms with Crippen molar-refractivity contribution in [1.82, 2.24) is 19.6 Å². The van der Waals surface area contributed by atoms with Gasteiger partial charge in [0.15, 0.2) is 0 Å². The van der Waals surface area contributed by atoms with Crippen molar-refractivity contribution in [2.75, 3.05) is 99.0 Å². The van der Waals surface area contributed by atoms with Crippen LogP contribution in [0.5, 0.6) is 0 Å². The Morgan fingerprint density at radius 2 is 0.857 bits per heavy atom. The van der Waals surface area contributed by atoms with Crippen molar-refractivity contribution in [3.63, 3.8) is 0 Å². The second kappa shape index (κ2) is 32.7. The van der Waals surface area contributed by atoms with Crippen LogP contribution >= 0.6 is 0 Å². The largest absolute Gasteiger partial charge is 1.00 e. The number of carbonyl (C=O) groups is 4. The molecule has 0 spiro atoms. The minimum Gasteiger partial charge on any atom is -0.870 e. The maximum atomic E-state index is 13.7.